The molecule has 0 aliphatic carbocycles. The topological polar surface area (TPSA) is 51.3 Å². The molecule has 0 saturated heterocycles. The third-order valence-corrected chi connectivity index (χ3v) is 5.00. The molecule has 0 radical (unpaired) electrons. The average molecular weight is 399 g/mol. The van der Waals surface area contributed by atoms with E-state index in [4.69, 9.17) is 22.3 Å². The predicted molar refractivity (Wildman–Crippen MR) is 100 cm³/mol. The van der Waals surface area contributed by atoms with Crippen LogP contribution in [0.5, 0.6) is 0 Å². The summed E-state index contributed by atoms with van der Waals surface area (Å²) in [4.78, 5) is 9.03. The van der Waals surface area contributed by atoms with Crippen LogP contribution in [0.25, 0.3) is 0 Å². The van der Waals surface area contributed by atoms with Gasteiger partial charge in [0.15, 0.2) is 0 Å². The van der Waals surface area contributed by atoms with Crippen LogP contribution >= 0.6 is 27.5 Å². The van der Waals surface area contributed by atoms with E-state index >= 15 is 0 Å². The minimum atomic E-state index is -0.725. The molecular formula is C19H13BrClN3. The van der Waals surface area contributed by atoms with Gasteiger partial charge in [-0.2, -0.15) is 0 Å². The Hall–Kier alpha value is -2.17. The van der Waals surface area contributed by atoms with Crippen LogP contribution < -0.4 is 5.73 Å². The third-order valence-electron chi connectivity index (χ3n) is 4.28. The molecule has 118 valence electrons. The quantitative estimate of drug-likeness (QED) is 0.690. The number of amidine groups is 1. The fourth-order valence-corrected chi connectivity index (χ4v) is 3.83. The van der Waals surface area contributed by atoms with Crippen LogP contribution in [-0.4, -0.2) is 10.8 Å². The van der Waals surface area contributed by atoms with Gasteiger partial charge >= 0.3 is 0 Å². The van der Waals surface area contributed by atoms with Crippen molar-refractivity contribution < 1.29 is 0 Å². The summed E-state index contributed by atoms with van der Waals surface area (Å²) in [5.41, 5.74) is 9.46. The zero-order valence-electron chi connectivity index (χ0n) is 12.6. The number of nitrogens with zero attached hydrogens (tertiary/aromatic N) is 2. The van der Waals surface area contributed by atoms with Crippen LogP contribution in [0.1, 0.15) is 22.3 Å². The van der Waals surface area contributed by atoms with E-state index in [0.717, 1.165) is 26.7 Å². The zero-order valence-corrected chi connectivity index (χ0v) is 14.9. The Morgan fingerprint density at radius 2 is 1.75 bits per heavy atom. The van der Waals surface area contributed by atoms with Gasteiger partial charge in [0.1, 0.15) is 11.4 Å². The molecule has 3 aromatic rings. The molecule has 2 N–H and O–H groups in total. The number of hydrogen-bond acceptors (Lipinski definition) is 3. The van der Waals surface area contributed by atoms with Crippen molar-refractivity contribution in [2.45, 2.75) is 5.54 Å². The standard InChI is InChI=1S/C19H13BrClN3/c20-14-3-1-2-13(10-14)19(12-6-8-23-9-7-12)17-11-15(21)4-5-16(17)18(22)24-19/h1-11H,(H2,22,24). The molecule has 3 nitrogen and oxygen atoms in total. The molecule has 5 heteroatoms. The van der Waals surface area contributed by atoms with E-state index in [1.54, 1.807) is 12.4 Å². The van der Waals surface area contributed by atoms with E-state index < -0.39 is 5.54 Å². The maximum Gasteiger partial charge on any atom is 0.139 e. The highest BCUT2D eigenvalue weighted by molar-refractivity contribution is 9.10. The van der Waals surface area contributed by atoms with Crippen molar-refractivity contribution in [3.63, 3.8) is 0 Å². The summed E-state index contributed by atoms with van der Waals surface area (Å²) >= 11 is 9.85. The number of fused-ring (bicyclic) bond motifs is 1. The molecule has 0 spiro atoms. The van der Waals surface area contributed by atoms with Crippen LogP contribution in [-0.2, 0) is 5.54 Å². The lowest BCUT2D eigenvalue weighted by Crippen LogP contribution is -2.25. The van der Waals surface area contributed by atoms with E-state index in [1.807, 2.05) is 42.5 Å². The van der Waals surface area contributed by atoms with Gasteiger partial charge in [0.25, 0.3) is 0 Å². The first-order valence-electron chi connectivity index (χ1n) is 7.43. The van der Waals surface area contributed by atoms with Crippen molar-refractivity contribution in [2.75, 3.05) is 0 Å². The van der Waals surface area contributed by atoms with Gasteiger partial charge in [-0.05, 0) is 53.6 Å². The minimum Gasteiger partial charge on any atom is -0.383 e. The van der Waals surface area contributed by atoms with Crippen molar-refractivity contribution in [3.05, 3.63) is 98.7 Å². The van der Waals surface area contributed by atoms with Gasteiger partial charge in [-0.3, -0.25) is 4.98 Å². The van der Waals surface area contributed by atoms with Gasteiger partial charge in [0, 0.05) is 33.0 Å². The molecule has 2 aromatic carbocycles. The van der Waals surface area contributed by atoms with Gasteiger partial charge in [0.05, 0.1) is 0 Å². The van der Waals surface area contributed by atoms with Crippen molar-refractivity contribution in [2.24, 2.45) is 10.7 Å². The zero-order chi connectivity index (χ0) is 16.7. The average Bonchev–Trinajstić information content (AvgIpc) is 2.89. The molecule has 1 atom stereocenters. The number of rotatable bonds is 2. The van der Waals surface area contributed by atoms with E-state index in [1.165, 1.54) is 0 Å². The molecular weight excluding hydrogens is 386 g/mol. The largest absolute Gasteiger partial charge is 0.383 e. The summed E-state index contributed by atoms with van der Waals surface area (Å²) < 4.78 is 0.984. The second kappa shape index (κ2) is 5.72. The Labute approximate surface area is 153 Å². The summed E-state index contributed by atoms with van der Waals surface area (Å²) in [6.45, 7) is 0. The van der Waals surface area contributed by atoms with Crippen molar-refractivity contribution >= 4 is 33.4 Å². The van der Waals surface area contributed by atoms with Crippen LogP contribution in [0, 0.1) is 0 Å². The Morgan fingerprint density at radius 3 is 2.50 bits per heavy atom. The van der Waals surface area contributed by atoms with Crippen molar-refractivity contribution in [1.29, 1.82) is 0 Å². The Bertz CT molecular complexity index is 956. The molecule has 24 heavy (non-hydrogen) atoms. The van der Waals surface area contributed by atoms with Gasteiger partial charge in [-0.1, -0.05) is 39.7 Å². The van der Waals surface area contributed by atoms with E-state index in [-0.39, 0.29) is 0 Å². The molecule has 1 aromatic heterocycles. The van der Waals surface area contributed by atoms with Crippen LogP contribution in [0.15, 0.2) is 76.5 Å². The molecule has 1 unspecified atom stereocenters. The first-order valence-corrected chi connectivity index (χ1v) is 8.60. The number of nitrogens with two attached hydrogens (primary N) is 1. The van der Waals surface area contributed by atoms with E-state index in [2.05, 4.69) is 33.0 Å². The first-order chi connectivity index (χ1) is 11.6. The van der Waals surface area contributed by atoms with E-state index in [9.17, 15) is 0 Å². The number of aliphatic imine (C=N–C) groups is 1. The summed E-state index contributed by atoms with van der Waals surface area (Å²) in [5, 5.41) is 0.659. The molecule has 1 aliphatic rings. The van der Waals surface area contributed by atoms with Crippen LogP contribution in [0.2, 0.25) is 5.02 Å². The summed E-state index contributed by atoms with van der Waals surface area (Å²) in [6, 6.07) is 17.7. The van der Waals surface area contributed by atoms with Crippen LogP contribution in [0.3, 0.4) is 0 Å². The summed E-state index contributed by atoms with van der Waals surface area (Å²) in [5.74, 6) is 0.512. The summed E-state index contributed by atoms with van der Waals surface area (Å²) in [7, 11) is 0. The maximum atomic E-state index is 6.29. The lowest BCUT2D eigenvalue weighted by molar-refractivity contribution is 0.670. The molecule has 4 rings (SSSR count). The number of benzene rings is 2. The minimum absolute atomic E-state index is 0.512. The normalized spacial score (nSPS) is 19.0. The predicted octanol–water partition coefficient (Wildman–Crippen LogP) is 4.51. The lowest BCUT2D eigenvalue weighted by atomic mass is 9.78. The fourth-order valence-electron chi connectivity index (χ4n) is 3.25. The molecule has 2 heterocycles. The van der Waals surface area contributed by atoms with Crippen molar-refractivity contribution in [3.8, 4) is 0 Å². The van der Waals surface area contributed by atoms with Crippen LogP contribution in [0.4, 0.5) is 0 Å². The third kappa shape index (κ3) is 2.26. The lowest BCUT2D eigenvalue weighted by Gasteiger charge is -2.29. The molecule has 0 bridgehead atoms. The number of pyridine rings is 1. The fraction of sp³-hybridized carbons (Fsp3) is 0.0526. The Morgan fingerprint density at radius 1 is 0.958 bits per heavy atom. The second-order valence-corrected chi connectivity index (χ2v) is 7.00. The van der Waals surface area contributed by atoms with Gasteiger partial charge in [-0.25, -0.2) is 4.99 Å². The molecule has 1 aliphatic heterocycles. The smallest absolute Gasteiger partial charge is 0.139 e. The molecule has 0 saturated carbocycles. The first kappa shape index (κ1) is 15.4. The summed E-state index contributed by atoms with van der Waals surface area (Å²) in [6.07, 6.45) is 3.53. The number of aromatic nitrogens is 1. The Kier molecular flexibility index (Phi) is 3.66. The molecule has 0 amide bonds. The SMILES string of the molecule is NC1=NC(c2ccncc2)(c2cccc(Br)c2)c2cc(Cl)ccc21. The van der Waals surface area contributed by atoms with Crippen molar-refractivity contribution in [1.82, 2.24) is 4.98 Å². The maximum absolute atomic E-state index is 6.29. The Balaban J connectivity index is 2.10. The highest BCUT2D eigenvalue weighted by Gasteiger charge is 2.43. The number of halogens is 2. The van der Waals surface area contributed by atoms with Gasteiger partial charge in [-0.15, -0.1) is 0 Å². The second-order valence-electron chi connectivity index (χ2n) is 5.64. The van der Waals surface area contributed by atoms with Gasteiger partial charge < -0.3 is 5.73 Å². The van der Waals surface area contributed by atoms with E-state index in [0.29, 0.717) is 10.9 Å². The highest BCUT2D eigenvalue weighted by atomic mass is 79.9. The number of hydrogen-bond donors (Lipinski definition) is 1. The monoisotopic (exact) mass is 397 g/mol. The van der Waals surface area contributed by atoms with Gasteiger partial charge in [0.2, 0.25) is 0 Å². The molecule has 0 fully saturated rings. The highest BCUT2D eigenvalue weighted by Crippen LogP contribution is 2.46.